The number of nitrogens with one attached hydrogen (secondary N) is 1. The first-order chi connectivity index (χ1) is 8.63. The lowest BCUT2D eigenvalue weighted by atomic mass is 9.93. The Morgan fingerprint density at radius 2 is 2.17 bits per heavy atom. The zero-order valence-corrected chi connectivity index (χ0v) is 12.4. The Labute approximate surface area is 114 Å². The van der Waals surface area contributed by atoms with Crippen LogP contribution in [0.2, 0.25) is 0 Å². The molecule has 18 heavy (non-hydrogen) atoms. The van der Waals surface area contributed by atoms with E-state index < -0.39 is 0 Å². The summed E-state index contributed by atoms with van der Waals surface area (Å²) >= 11 is 1.59. The van der Waals surface area contributed by atoms with E-state index in [0.29, 0.717) is 6.04 Å². The van der Waals surface area contributed by atoms with Crippen molar-refractivity contribution in [1.82, 2.24) is 9.97 Å². The van der Waals surface area contributed by atoms with E-state index in [2.05, 4.69) is 34.0 Å². The molecular weight excluding hydrogens is 244 g/mol. The van der Waals surface area contributed by atoms with Gasteiger partial charge in [0, 0.05) is 25.7 Å². The lowest BCUT2D eigenvalue weighted by Gasteiger charge is -2.37. The fraction of sp³-hybridized carbons (Fsp3) is 0.692. The molecule has 0 saturated carbocycles. The molecular formula is C13H22N4S. The van der Waals surface area contributed by atoms with Gasteiger partial charge in [-0.2, -0.15) is 0 Å². The fourth-order valence-electron chi connectivity index (χ4n) is 2.53. The van der Waals surface area contributed by atoms with Crippen molar-refractivity contribution in [2.24, 2.45) is 5.92 Å². The Morgan fingerprint density at radius 3 is 2.78 bits per heavy atom. The molecule has 2 heterocycles. The van der Waals surface area contributed by atoms with Crippen molar-refractivity contribution in [3.05, 3.63) is 6.07 Å². The second kappa shape index (κ2) is 5.78. The lowest BCUT2D eigenvalue weighted by Crippen LogP contribution is -2.40. The molecule has 1 N–H and O–H groups in total. The van der Waals surface area contributed by atoms with Crippen molar-refractivity contribution < 1.29 is 0 Å². The van der Waals surface area contributed by atoms with Gasteiger partial charge < -0.3 is 10.2 Å². The number of rotatable bonds is 3. The first kappa shape index (κ1) is 13.5. The maximum absolute atomic E-state index is 4.64. The molecule has 1 aliphatic heterocycles. The van der Waals surface area contributed by atoms with E-state index in [4.69, 9.17) is 0 Å². The van der Waals surface area contributed by atoms with Gasteiger partial charge in [0.1, 0.15) is 11.6 Å². The zero-order valence-electron chi connectivity index (χ0n) is 11.6. The van der Waals surface area contributed by atoms with Gasteiger partial charge in [-0.15, -0.1) is 0 Å². The topological polar surface area (TPSA) is 41.0 Å². The predicted octanol–water partition coefficient (Wildman–Crippen LogP) is 2.87. The highest BCUT2D eigenvalue weighted by atomic mass is 32.2. The average Bonchev–Trinajstić information content (AvgIpc) is 2.38. The van der Waals surface area contributed by atoms with Crippen LogP contribution in [0.4, 0.5) is 11.6 Å². The molecule has 1 aromatic heterocycles. The van der Waals surface area contributed by atoms with Crippen LogP contribution in [-0.2, 0) is 0 Å². The van der Waals surface area contributed by atoms with E-state index in [-0.39, 0.29) is 0 Å². The predicted molar refractivity (Wildman–Crippen MR) is 78.6 cm³/mol. The standard InChI is InChI=1S/C13H22N4S/c1-9-5-6-17(10(2)7-9)12-8-11(14-3)15-13(16-12)18-4/h8-10H,5-7H2,1-4H3,(H,14,15,16). The van der Waals surface area contributed by atoms with Gasteiger partial charge in [-0.05, 0) is 31.9 Å². The summed E-state index contributed by atoms with van der Waals surface area (Å²) in [4.78, 5) is 11.5. The van der Waals surface area contributed by atoms with E-state index in [1.54, 1.807) is 11.8 Å². The first-order valence-electron chi connectivity index (χ1n) is 6.51. The molecule has 1 aromatic rings. The summed E-state index contributed by atoms with van der Waals surface area (Å²) in [6, 6.07) is 2.61. The van der Waals surface area contributed by atoms with Gasteiger partial charge in [0.15, 0.2) is 5.16 Å². The summed E-state index contributed by atoms with van der Waals surface area (Å²) in [7, 11) is 1.90. The van der Waals surface area contributed by atoms with Crippen LogP contribution in [-0.4, -0.2) is 35.9 Å². The minimum Gasteiger partial charge on any atom is -0.373 e. The third kappa shape index (κ3) is 2.88. The Morgan fingerprint density at radius 1 is 1.39 bits per heavy atom. The highest BCUT2D eigenvalue weighted by molar-refractivity contribution is 7.98. The van der Waals surface area contributed by atoms with Crippen molar-refractivity contribution >= 4 is 23.4 Å². The maximum atomic E-state index is 4.64. The summed E-state index contributed by atoms with van der Waals surface area (Å²) in [5.74, 6) is 2.77. The number of hydrogen-bond donors (Lipinski definition) is 1. The van der Waals surface area contributed by atoms with Crippen molar-refractivity contribution in [3.8, 4) is 0 Å². The van der Waals surface area contributed by atoms with Gasteiger partial charge in [0.2, 0.25) is 0 Å². The first-order valence-corrected chi connectivity index (χ1v) is 7.74. The number of nitrogens with zero attached hydrogens (tertiary/aromatic N) is 3. The molecule has 4 nitrogen and oxygen atoms in total. The Hall–Kier alpha value is -0.970. The van der Waals surface area contributed by atoms with Crippen LogP contribution in [0.15, 0.2) is 11.2 Å². The van der Waals surface area contributed by atoms with Gasteiger partial charge in [0.25, 0.3) is 0 Å². The molecule has 1 saturated heterocycles. The monoisotopic (exact) mass is 266 g/mol. The maximum Gasteiger partial charge on any atom is 0.191 e. The summed E-state index contributed by atoms with van der Waals surface area (Å²) in [5.41, 5.74) is 0. The minimum atomic E-state index is 0.558. The Bertz CT molecular complexity index is 388. The van der Waals surface area contributed by atoms with Gasteiger partial charge in [-0.25, -0.2) is 9.97 Å². The second-order valence-electron chi connectivity index (χ2n) is 5.02. The van der Waals surface area contributed by atoms with Crippen LogP contribution in [0.25, 0.3) is 0 Å². The van der Waals surface area contributed by atoms with E-state index in [1.165, 1.54) is 12.8 Å². The van der Waals surface area contributed by atoms with E-state index in [0.717, 1.165) is 29.3 Å². The summed E-state index contributed by atoms with van der Waals surface area (Å²) in [5, 5.41) is 3.95. The Balaban J connectivity index is 2.26. The van der Waals surface area contributed by atoms with Crippen molar-refractivity contribution in [1.29, 1.82) is 0 Å². The van der Waals surface area contributed by atoms with Crippen LogP contribution in [0.1, 0.15) is 26.7 Å². The number of aromatic nitrogens is 2. The smallest absolute Gasteiger partial charge is 0.191 e. The third-order valence-electron chi connectivity index (χ3n) is 3.56. The summed E-state index contributed by atoms with van der Waals surface area (Å²) in [6.45, 7) is 5.71. The van der Waals surface area contributed by atoms with Crippen LogP contribution in [0.5, 0.6) is 0 Å². The van der Waals surface area contributed by atoms with Crippen LogP contribution >= 0.6 is 11.8 Å². The average molecular weight is 266 g/mol. The van der Waals surface area contributed by atoms with Gasteiger partial charge in [0.05, 0.1) is 0 Å². The highest BCUT2D eigenvalue weighted by Gasteiger charge is 2.24. The van der Waals surface area contributed by atoms with E-state index in [1.807, 2.05) is 19.4 Å². The highest BCUT2D eigenvalue weighted by Crippen LogP contribution is 2.28. The molecule has 0 amide bonds. The molecule has 100 valence electrons. The van der Waals surface area contributed by atoms with Crippen LogP contribution < -0.4 is 10.2 Å². The summed E-state index contributed by atoms with van der Waals surface area (Å²) < 4.78 is 0. The van der Waals surface area contributed by atoms with Crippen molar-refractivity contribution in [2.45, 2.75) is 37.9 Å². The van der Waals surface area contributed by atoms with E-state index in [9.17, 15) is 0 Å². The molecule has 0 bridgehead atoms. The Kier molecular flexibility index (Phi) is 4.32. The second-order valence-corrected chi connectivity index (χ2v) is 5.79. The third-order valence-corrected chi connectivity index (χ3v) is 4.11. The van der Waals surface area contributed by atoms with Gasteiger partial charge in [-0.1, -0.05) is 18.7 Å². The number of thioether (sulfide) groups is 1. The fourth-order valence-corrected chi connectivity index (χ4v) is 2.90. The van der Waals surface area contributed by atoms with Crippen molar-refractivity contribution in [2.75, 3.05) is 30.1 Å². The molecule has 0 aliphatic carbocycles. The molecule has 0 radical (unpaired) electrons. The molecule has 0 aromatic carbocycles. The quantitative estimate of drug-likeness (QED) is 0.673. The number of piperidine rings is 1. The number of hydrogen-bond acceptors (Lipinski definition) is 5. The van der Waals surface area contributed by atoms with Gasteiger partial charge in [-0.3, -0.25) is 0 Å². The molecule has 2 unspecified atom stereocenters. The SMILES string of the molecule is CNc1cc(N2CCC(C)CC2C)nc(SC)n1. The normalized spacial score (nSPS) is 24.1. The largest absolute Gasteiger partial charge is 0.373 e. The van der Waals surface area contributed by atoms with Crippen molar-refractivity contribution in [3.63, 3.8) is 0 Å². The zero-order chi connectivity index (χ0) is 13.1. The minimum absolute atomic E-state index is 0.558. The molecule has 2 atom stereocenters. The van der Waals surface area contributed by atoms with Crippen LogP contribution in [0, 0.1) is 5.92 Å². The molecule has 1 aliphatic rings. The van der Waals surface area contributed by atoms with Crippen LogP contribution in [0.3, 0.4) is 0 Å². The molecule has 5 heteroatoms. The molecule has 0 spiro atoms. The van der Waals surface area contributed by atoms with Gasteiger partial charge >= 0.3 is 0 Å². The van der Waals surface area contributed by atoms with E-state index >= 15 is 0 Å². The molecule has 1 fully saturated rings. The lowest BCUT2D eigenvalue weighted by molar-refractivity contribution is 0.375. The number of anilines is 2. The summed E-state index contributed by atoms with van der Waals surface area (Å²) in [6.07, 6.45) is 4.51. The molecule has 2 rings (SSSR count).